The summed E-state index contributed by atoms with van der Waals surface area (Å²) in [5.74, 6) is -1.88. The van der Waals surface area contributed by atoms with E-state index in [1.807, 2.05) is 0 Å². The Labute approximate surface area is 210 Å². The van der Waals surface area contributed by atoms with Gasteiger partial charge in [-0.2, -0.15) is 0 Å². The lowest BCUT2D eigenvalue weighted by molar-refractivity contribution is -0.120. The number of primary amides is 2. The van der Waals surface area contributed by atoms with Crippen LogP contribution < -0.4 is 31.6 Å². The third kappa shape index (κ3) is 7.97. The number of nitrogens with one attached hydrogen (secondary N) is 2. The molecule has 188 valence electrons. The zero-order valence-electron chi connectivity index (χ0n) is 19.2. The third-order valence-electron chi connectivity index (χ3n) is 4.54. The molecule has 0 spiro atoms. The van der Waals surface area contributed by atoms with Crippen molar-refractivity contribution in [2.75, 3.05) is 17.5 Å². The van der Waals surface area contributed by atoms with Crippen molar-refractivity contribution >= 4 is 51.8 Å². The van der Waals surface area contributed by atoms with Gasteiger partial charge in [0.05, 0.1) is 5.69 Å². The van der Waals surface area contributed by atoms with Gasteiger partial charge >= 0.3 is 0 Å². The maximum absolute atomic E-state index is 12.9. The van der Waals surface area contributed by atoms with Gasteiger partial charge in [0, 0.05) is 33.5 Å². The van der Waals surface area contributed by atoms with Crippen molar-refractivity contribution in [3.63, 3.8) is 0 Å². The molecule has 3 amide bonds. The predicted molar refractivity (Wildman–Crippen MR) is 135 cm³/mol. The molecule has 0 fully saturated rings. The summed E-state index contributed by atoms with van der Waals surface area (Å²) in [7, 11) is -1.60. The molecule has 0 saturated heterocycles. The van der Waals surface area contributed by atoms with Crippen molar-refractivity contribution in [3.05, 3.63) is 58.1 Å². The standard InChI is InChI=1S/C22H27ClN6O5S/c1-12(2)35(33)29(10-19(24)30)17-6-15(5-16(23)8-17)22(32)28-9-14-4-3-13(21(26)27)7-18(14)34-11-20(25)31/h3-8,12H,9-11H2,1-2H3,(H2,24,30)(H2,25,31)(H3,26,27)(H,28,32). The van der Waals surface area contributed by atoms with Crippen LogP contribution in [0.1, 0.15) is 35.3 Å². The monoisotopic (exact) mass is 522 g/mol. The van der Waals surface area contributed by atoms with Crippen molar-refractivity contribution in [1.29, 1.82) is 5.41 Å². The van der Waals surface area contributed by atoms with Gasteiger partial charge in [0.1, 0.15) is 29.1 Å². The highest BCUT2D eigenvalue weighted by atomic mass is 35.5. The van der Waals surface area contributed by atoms with Crippen LogP contribution in [0.3, 0.4) is 0 Å². The number of hydrogen-bond donors (Lipinski definition) is 5. The van der Waals surface area contributed by atoms with E-state index in [0.717, 1.165) is 0 Å². The van der Waals surface area contributed by atoms with Gasteiger partial charge in [-0.1, -0.05) is 23.7 Å². The molecule has 0 radical (unpaired) electrons. The van der Waals surface area contributed by atoms with E-state index in [4.69, 9.17) is 38.9 Å². The molecule has 8 N–H and O–H groups in total. The van der Waals surface area contributed by atoms with E-state index in [1.165, 1.54) is 28.6 Å². The summed E-state index contributed by atoms with van der Waals surface area (Å²) in [6.45, 7) is 2.71. The Kier molecular flexibility index (Phi) is 9.60. The first-order valence-electron chi connectivity index (χ1n) is 10.3. The largest absolute Gasteiger partial charge is 0.483 e. The summed E-state index contributed by atoms with van der Waals surface area (Å²) in [6, 6.07) is 8.99. The average Bonchev–Trinajstić information content (AvgIpc) is 2.78. The third-order valence-corrected chi connectivity index (χ3v) is 6.34. The number of anilines is 1. The van der Waals surface area contributed by atoms with Crippen LogP contribution in [-0.2, 0) is 27.1 Å². The van der Waals surface area contributed by atoms with E-state index in [0.29, 0.717) is 16.8 Å². The molecular weight excluding hydrogens is 496 g/mol. The summed E-state index contributed by atoms with van der Waals surface area (Å²) < 4.78 is 19.4. The van der Waals surface area contributed by atoms with E-state index in [1.54, 1.807) is 26.0 Å². The van der Waals surface area contributed by atoms with Crippen molar-refractivity contribution < 1.29 is 23.3 Å². The number of nitrogens with zero attached hydrogens (tertiary/aromatic N) is 1. The topological polar surface area (TPSA) is 195 Å². The second-order valence-corrected chi connectivity index (χ2v) is 10.1. The SMILES string of the molecule is CC(C)S(=O)N(CC(N)=O)c1cc(Cl)cc(C(=O)NCc2ccc(C(=N)N)cc2OCC(N)=O)c1. The lowest BCUT2D eigenvalue weighted by Gasteiger charge is -2.24. The Morgan fingerprint density at radius 3 is 2.34 bits per heavy atom. The highest BCUT2D eigenvalue weighted by Gasteiger charge is 2.21. The van der Waals surface area contributed by atoms with Crippen molar-refractivity contribution in [1.82, 2.24) is 5.32 Å². The fourth-order valence-electron chi connectivity index (χ4n) is 2.93. The molecule has 0 aliphatic heterocycles. The van der Waals surface area contributed by atoms with E-state index in [9.17, 15) is 18.6 Å². The van der Waals surface area contributed by atoms with Gasteiger partial charge < -0.3 is 27.3 Å². The smallest absolute Gasteiger partial charge is 0.255 e. The fourth-order valence-corrected chi connectivity index (χ4v) is 4.24. The minimum absolute atomic E-state index is 0.00408. The lowest BCUT2D eigenvalue weighted by atomic mass is 10.1. The number of amidine groups is 1. The van der Waals surface area contributed by atoms with E-state index in [2.05, 4.69) is 5.32 Å². The van der Waals surface area contributed by atoms with Crippen LogP contribution in [0.25, 0.3) is 0 Å². The molecule has 0 saturated carbocycles. The van der Waals surface area contributed by atoms with Gasteiger partial charge in [0.15, 0.2) is 6.61 Å². The highest BCUT2D eigenvalue weighted by Crippen LogP contribution is 2.25. The Bertz CT molecular complexity index is 1170. The molecule has 1 unspecified atom stereocenters. The first kappa shape index (κ1) is 27.6. The number of ether oxygens (including phenoxy) is 1. The van der Waals surface area contributed by atoms with Crippen LogP contribution >= 0.6 is 11.6 Å². The number of carbonyl (C=O) groups excluding carboxylic acids is 3. The van der Waals surface area contributed by atoms with Crippen LogP contribution in [0, 0.1) is 5.41 Å². The Hall–Kier alpha value is -3.64. The second-order valence-electron chi connectivity index (χ2n) is 7.70. The zero-order chi connectivity index (χ0) is 26.3. The van der Waals surface area contributed by atoms with E-state index < -0.39 is 35.3 Å². The van der Waals surface area contributed by atoms with Crippen molar-refractivity contribution in [2.45, 2.75) is 25.6 Å². The summed E-state index contributed by atoms with van der Waals surface area (Å²) in [5.41, 5.74) is 17.3. The van der Waals surface area contributed by atoms with E-state index >= 15 is 0 Å². The molecule has 0 aliphatic carbocycles. The molecule has 2 aromatic carbocycles. The van der Waals surface area contributed by atoms with Gasteiger partial charge in [0.25, 0.3) is 11.8 Å². The summed E-state index contributed by atoms with van der Waals surface area (Å²) in [6.07, 6.45) is 0. The van der Waals surface area contributed by atoms with Crippen molar-refractivity contribution in [2.24, 2.45) is 17.2 Å². The average molecular weight is 523 g/mol. The summed E-state index contributed by atoms with van der Waals surface area (Å²) in [5, 5.41) is 10.2. The first-order valence-corrected chi connectivity index (χ1v) is 11.9. The van der Waals surface area contributed by atoms with Crippen molar-refractivity contribution in [3.8, 4) is 5.75 Å². The van der Waals surface area contributed by atoms with Gasteiger partial charge in [-0.15, -0.1) is 0 Å². The molecule has 13 heteroatoms. The number of carbonyl (C=O) groups is 3. The Morgan fingerprint density at radius 1 is 1.09 bits per heavy atom. The number of nitrogens with two attached hydrogens (primary N) is 3. The maximum atomic E-state index is 12.9. The molecule has 0 aromatic heterocycles. The number of amides is 3. The van der Waals surface area contributed by atoms with Gasteiger partial charge in [-0.25, -0.2) is 4.21 Å². The van der Waals surface area contributed by atoms with Crippen LogP contribution in [0.2, 0.25) is 5.02 Å². The Morgan fingerprint density at radius 2 is 1.77 bits per heavy atom. The number of halogens is 1. The highest BCUT2D eigenvalue weighted by molar-refractivity contribution is 7.87. The minimum atomic E-state index is -1.60. The quantitative estimate of drug-likeness (QED) is 0.202. The van der Waals surface area contributed by atoms with Gasteiger partial charge in [0.2, 0.25) is 5.91 Å². The summed E-state index contributed by atoms with van der Waals surface area (Å²) in [4.78, 5) is 35.6. The Balaban J connectivity index is 2.30. The van der Waals surface area contributed by atoms with Crippen LogP contribution in [-0.4, -0.2) is 46.2 Å². The molecular formula is C22H27ClN6O5S. The number of hydrogen-bond acceptors (Lipinski definition) is 6. The number of benzene rings is 2. The minimum Gasteiger partial charge on any atom is -0.483 e. The van der Waals surface area contributed by atoms with Crippen LogP contribution in [0.4, 0.5) is 5.69 Å². The molecule has 1 atom stereocenters. The number of nitrogen functional groups attached to an aromatic ring is 1. The summed E-state index contributed by atoms with van der Waals surface area (Å²) >= 11 is 6.20. The molecule has 35 heavy (non-hydrogen) atoms. The van der Waals surface area contributed by atoms with Crippen LogP contribution in [0.5, 0.6) is 5.75 Å². The zero-order valence-corrected chi connectivity index (χ0v) is 20.7. The van der Waals surface area contributed by atoms with E-state index in [-0.39, 0.29) is 40.5 Å². The molecule has 0 bridgehead atoms. The first-order chi connectivity index (χ1) is 16.4. The molecule has 0 aliphatic rings. The molecule has 2 aromatic rings. The second kappa shape index (κ2) is 12.2. The van der Waals surface area contributed by atoms with Gasteiger partial charge in [-0.05, 0) is 38.1 Å². The predicted octanol–water partition coefficient (Wildman–Crippen LogP) is 0.782. The maximum Gasteiger partial charge on any atom is 0.255 e. The fraction of sp³-hybridized carbons (Fsp3) is 0.273. The van der Waals surface area contributed by atoms with Gasteiger partial charge in [-0.3, -0.25) is 24.1 Å². The normalized spacial score (nSPS) is 11.5. The molecule has 2 rings (SSSR count). The van der Waals surface area contributed by atoms with Crippen LogP contribution in [0.15, 0.2) is 36.4 Å². The lowest BCUT2D eigenvalue weighted by Crippen LogP contribution is -2.38. The molecule has 11 nitrogen and oxygen atoms in total. The number of rotatable bonds is 12. The molecule has 0 heterocycles.